The summed E-state index contributed by atoms with van der Waals surface area (Å²) in [6, 6.07) is 6.04. The normalized spacial score (nSPS) is 12.6. The molecule has 11 heteroatoms. The van der Waals surface area contributed by atoms with Crippen LogP contribution < -0.4 is 10.7 Å². The van der Waals surface area contributed by atoms with Crippen LogP contribution in [-0.4, -0.2) is 68.2 Å². The molecule has 1 aromatic rings. The number of carbonyl (C=O) groups is 4. The van der Waals surface area contributed by atoms with E-state index >= 15 is 0 Å². The van der Waals surface area contributed by atoms with E-state index in [1.54, 1.807) is 30.3 Å². The average Bonchev–Trinajstić information content (AvgIpc) is 2.57. The van der Waals surface area contributed by atoms with Crippen LogP contribution in [0.4, 0.5) is 4.79 Å². The first kappa shape index (κ1) is 21.9. The van der Waals surface area contributed by atoms with Gasteiger partial charge >= 0.3 is 23.9 Å². The molecule has 6 N–H and O–H groups in total. The molecule has 1 rings (SSSR count). The van der Waals surface area contributed by atoms with Gasteiger partial charge < -0.3 is 25.7 Å². The molecule has 11 nitrogen and oxygen atoms in total. The standard InChI is InChI=1S/C16H21N3O8/c20-12(8-10-4-2-1-3-5-10)18-19(9-14(23)24)16(27)17-11(15(25)26)6-7-13(21)22/h1-5,11-12,18,20H,6-9H2,(H,17,27)(H,21,22)(H,23,24)(H,25,26). The van der Waals surface area contributed by atoms with E-state index in [9.17, 15) is 24.3 Å². The van der Waals surface area contributed by atoms with Crippen molar-refractivity contribution in [3.05, 3.63) is 35.9 Å². The fourth-order valence-electron chi connectivity index (χ4n) is 2.13. The Bertz CT molecular complexity index is 667. The van der Waals surface area contributed by atoms with Gasteiger partial charge in [0.1, 0.15) is 18.8 Å². The molecule has 1 aromatic carbocycles. The minimum atomic E-state index is -1.53. The van der Waals surface area contributed by atoms with Crippen LogP contribution in [0.1, 0.15) is 18.4 Å². The van der Waals surface area contributed by atoms with Gasteiger partial charge in [-0.1, -0.05) is 30.3 Å². The molecule has 0 aliphatic carbocycles. The van der Waals surface area contributed by atoms with Crippen LogP contribution in [0.2, 0.25) is 0 Å². The van der Waals surface area contributed by atoms with Gasteiger partial charge in [-0.25, -0.2) is 20.0 Å². The number of hydrogen-bond acceptors (Lipinski definition) is 6. The maximum atomic E-state index is 12.2. The third-order valence-electron chi connectivity index (χ3n) is 3.36. The lowest BCUT2D eigenvalue weighted by molar-refractivity contribution is -0.140. The summed E-state index contributed by atoms with van der Waals surface area (Å²) >= 11 is 0. The number of nitrogens with zero attached hydrogens (tertiary/aromatic N) is 1. The van der Waals surface area contributed by atoms with E-state index in [2.05, 4.69) is 5.43 Å². The van der Waals surface area contributed by atoms with Gasteiger partial charge in [-0.15, -0.1) is 0 Å². The number of aliphatic hydroxyl groups is 1. The Labute approximate surface area is 154 Å². The zero-order valence-corrected chi connectivity index (χ0v) is 14.2. The van der Waals surface area contributed by atoms with Crippen LogP contribution in [0, 0.1) is 0 Å². The quantitative estimate of drug-likeness (QED) is 0.216. The second-order valence-corrected chi connectivity index (χ2v) is 5.59. The molecule has 0 aliphatic rings. The number of hydrogen-bond donors (Lipinski definition) is 6. The van der Waals surface area contributed by atoms with Gasteiger partial charge in [0, 0.05) is 12.8 Å². The fraction of sp³-hybridized carbons (Fsp3) is 0.375. The molecule has 0 radical (unpaired) electrons. The highest BCUT2D eigenvalue weighted by atomic mass is 16.4. The van der Waals surface area contributed by atoms with Crippen molar-refractivity contribution in [1.82, 2.24) is 15.8 Å². The van der Waals surface area contributed by atoms with Crippen LogP contribution in [-0.2, 0) is 20.8 Å². The van der Waals surface area contributed by atoms with Gasteiger partial charge in [0.25, 0.3) is 0 Å². The number of carboxylic acid groups (broad SMARTS) is 3. The predicted octanol–water partition coefficient (Wildman–Crippen LogP) is -0.534. The molecule has 0 spiro atoms. The molecular formula is C16H21N3O8. The zero-order valence-electron chi connectivity index (χ0n) is 14.2. The Morgan fingerprint density at radius 2 is 1.63 bits per heavy atom. The van der Waals surface area contributed by atoms with Gasteiger partial charge in [-0.2, -0.15) is 0 Å². The van der Waals surface area contributed by atoms with E-state index in [0.29, 0.717) is 5.01 Å². The van der Waals surface area contributed by atoms with Gasteiger partial charge in [-0.05, 0) is 12.0 Å². The number of hydrazine groups is 1. The minimum Gasteiger partial charge on any atom is -0.481 e. The number of aliphatic carboxylic acids is 3. The van der Waals surface area contributed by atoms with E-state index in [0.717, 1.165) is 5.56 Å². The Morgan fingerprint density at radius 3 is 2.15 bits per heavy atom. The summed E-state index contributed by atoms with van der Waals surface area (Å²) < 4.78 is 0. The molecule has 0 aromatic heterocycles. The highest BCUT2D eigenvalue weighted by molar-refractivity contribution is 5.84. The van der Waals surface area contributed by atoms with E-state index in [1.165, 1.54) is 0 Å². The number of rotatable bonds is 11. The number of urea groups is 1. The molecule has 0 fully saturated rings. The van der Waals surface area contributed by atoms with E-state index in [4.69, 9.17) is 15.3 Å². The predicted molar refractivity (Wildman–Crippen MR) is 90.5 cm³/mol. The lowest BCUT2D eigenvalue weighted by Crippen LogP contribution is -2.57. The summed E-state index contributed by atoms with van der Waals surface area (Å²) in [5, 5.41) is 39.2. The Morgan fingerprint density at radius 1 is 1.00 bits per heavy atom. The van der Waals surface area contributed by atoms with Crippen molar-refractivity contribution in [2.45, 2.75) is 31.5 Å². The molecule has 0 bridgehead atoms. The van der Waals surface area contributed by atoms with Crippen LogP contribution >= 0.6 is 0 Å². The number of benzene rings is 1. The first-order chi connectivity index (χ1) is 12.7. The SMILES string of the molecule is O=C(O)CCC(NC(=O)N(CC(=O)O)NC(O)Cc1ccccc1)C(=O)O. The molecule has 0 heterocycles. The van der Waals surface area contributed by atoms with Crippen molar-refractivity contribution in [2.75, 3.05) is 6.54 Å². The highest BCUT2D eigenvalue weighted by Gasteiger charge is 2.26. The lowest BCUT2D eigenvalue weighted by Gasteiger charge is -2.26. The summed E-state index contributed by atoms with van der Waals surface area (Å²) in [6.07, 6.45) is -2.14. The average molecular weight is 383 g/mol. The largest absolute Gasteiger partial charge is 0.481 e. The molecule has 2 unspecified atom stereocenters. The van der Waals surface area contributed by atoms with E-state index in [-0.39, 0.29) is 12.8 Å². The Kier molecular flexibility index (Phi) is 8.69. The van der Waals surface area contributed by atoms with Crippen molar-refractivity contribution in [2.24, 2.45) is 0 Å². The maximum Gasteiger partial charge on any atom is 0.333 e. The molecule has 0 saturated carbocycles. The Hall–Kier alpha value is -3.18. The molecule has 2 atom stereocenters. The minimum absolute atomic E-state index is 0.0611. The first-order valence-corrected chi connectivity index (χ1v) is 7.91. The number of carboxylic acids is 3. The highest BCUT2D eigenvalue weighted by Crippen LogP contribution is 2.03. The van der Waals surface area contributed by atoms with Gasteiger partial charge in [0.15, 0.2) is 0 Å². The monoisotopic (exact) mass is 383 g/mol. The zero-order chi connectivity index (χ0) is 20.4. The van der Waals surface area contributed by atoms with Crippen LogP contribution in [0.3, 0.4) is 0 Å². The van der Waals surface area contributed by atoms with Crippen molar-refractivity contribution >= 4 is 23.9 Å². The third kappa shape index (κ3) is 8.65. The Balaban J connectivity index is 2.75. The van der Waals surface area contributed by atoms with Crippen molar-refractivity contribution < 1.29 is 39.6 Å². The second-order valence-electron chi connectivity index (χ2n) is 5.59. The second kappa shape index (κ2) is 10.7. The smallest absolute Gasteiger partial charge is 0.333 e. The van der Waals surface area contributed by atoms with Gasteiger partial charge in [-0.3, -0.25) is 9.59 Å². The van der Waals surface area contributed by atoms with E-state index < -0.39 is 49.2 Å². The van der Waals surface area contributed by atoms with Crippen molar-refractivity contribution in [3.63, 3.8) is 0 Å². The molecule has 0 aliphatic heterocycles. The maximum absolute atomic E-state index is 12.2. The number of nitrogens with one attached hydrogen (secondary N) is 2. The van der Waals surface area contributed by atoms with Crippen molar-refractivity contribution in [3.8, 4) is 0 Å². The summed E-state index contributed by atoms with van der Waals surface area (Å²) in [6.45, 7) is -0.858. The van der Waals surface area contributed by atoms with Crippen molar-refractivity contribution in [1.29, 1.82) is 0 Å². The number of aliphatic hydroxyl groups excluding tert-OH is 1. The fourth-order valence-corrected chi connectivity index (χ4v) is 2.13. The summed E-state index contributed by atoms with van der Waals surface area (Å²) in [5.74, 6) is -4.11. The summed E-state index contributed by atoms with van der Waals surface area (Å²) in [5.41, 5.74) is 3.01. The molecule has 0 saturated heterocycles. The topological polar surface area (TPSA) is 176 Å². The van der Waals surface area contributed by atoms with E-state index in [1.807, 2.05) is 5.32 Å². The van der Waals surface area contributed by atoms with Crippen LogP contribution in [0.15, 0.2) is 30.3 Å². The lowest BCUT2D eigenvalue weighted by atomic mass is 10.1. The first-order valence-electron chi connectivity index (χ1n) is 7.91. The number of carbonyl (C=O) groups excluding carboxylic acids is 1. The van der Waals surface area contributed by atoms with Gasteiger partial charge in [0.2, 0.25) is 0 Å². The number of amides is 2. The van der Waals surface area contributed by atoms with Crippen LogP contribution in [0.25, 0.3) is 0 Å². The van der Waals surface area contributed by atoms with Crippen LogP contribution in [0.5, 0.6) is 0 Å². The molecule has 148 valence electrons. The molecular weight excluding hydrogens is 362 g/mol. The molecule has 2 amide bonds. The summed E-state index contributed by atoms with van der Waals surface area (Å²) in [4.78, 5) is 44.9. The van der Waals surface area contributed by atoms with Gasteiger partial charge in [0.05, 0.1) is 0 Å². The molecule has 27 heavy (non-hydrogen) atoms. The third-order valence-corrected chi connectivity index (χ3v) is 3.36. The summed E-state index contributed by atoms with van der Waals surface area (Å²) in [7, 11) is 0.